The lowest BCUT2D eigenvalue weighted by Gasteiger charge is -2.06. The van der Waals surface area contributed by atoms with Gasteiger partial charge in [-0.1, -0.05) is 12.1 Å². The van der Waals surface area contributed by atoms with Crippen molar-refractivity contribution in [2.45, 2.75) is 6.92 Å². The van der Waals surface area contributed by atoms with Crippen LogP contribution in [0.3, 0.4) is 0 Å². The van der Waals surface area contributed by atoms with E-state index >= 15 is 0 Å². The molecule has 0 amide bonds. The van der Waals surface area contributed by atoms with Crippen molar-refractivity contribution < 1.29 is 19.7 Å². The van der Waals surface area contributed by atoms with Gasteiger partial charge < -0.3 is 15.3 Å². The molecule has 0 aliphatic heterocycles. The number of benzene rings is 2. The molecule has 1 aromatic heterocycles. The Morgan fingerprint density at radius 1 is 1.12 bits per heavy atom. The highest BCUT2D eigenvalue weighted by Crippen LogP contribution is 2.36. The van der Waals surface area contributed by atoms with Gasteiger partial charge in [0.1, 0.15) is 5.82 Å². The van der Waals surface area contributed by atoms with Crippen molar-refractivity contribution in [3.8, 4) is 28.5 Å². The Kier molecular flexibility index (Phi) is 5.04. The molecule has 0 aliphatic carbocycles. The lowest BCUT2D eigenvalue weighted by Crippen LogP contribution is -2.12. The molecule has 0 bridgehead atoms. The van der Waals surface area contributed by atoms with Crippen molar-refractivity contribution in [1.82, 2.24) is 4.68 Å². The lowest BCUT2D eigenvalue weighted by molar-refractivity contribution is 0.367. The van der Waals surface area contributed by atoms with E-state index < -0.39 is 17.2 Å². The predicted molar refractivity (Wildman–Crippen MR) is 98.2 cm³/mol. The molecule has 0 saturated carbocycles. The van der Waals surface area contributed by atoms with E-state index in [0.29, 0.717) is 22.6 Å². The van der Waals surface area contributed by atoms with Crippen LogP contribution >= 0.6 is 11.3 Å². The molecule has 0 saturated heterocycles. The number of nitrogens with zero attached hydrogens (tertiary/aromatic N) is 3. The highest BCUT2D eigenvalue weighted by atomic mass is 32.1. The summed E-state index contributed by atoms with van der Waals surface area (Å²) in [6.45, 7) is 2.40. The maximum Gasteiger partial charge on any atom is 0.206 e. The lowest BCUT2D eigenvalue weighted by atomic mass is 10.1. The molecule has 0 atom stereocenters. The Labute approximate surface area is 152 Å². The second-order valence-corrected chi connectivity index (χ2v) is 6.12. The Hall–Kier alpha value is -3.13. The minimum atomic E-state index is -0.628. The summed E-state index contributed by atoms with van der Waals surface area (Å²) in [5, 5.41) is 35.0. The number of phenols is 3. The third-order valence-electron chi connectivity index (χ3n) is 3.60. The number of hydrogen-bond donors (Lipinski definition) is 3. The monoisotopic (exact) mass is 373 g/mol. The van der Waals surface area contributed by atoms with Crippen molar-refractivity contribution in [2.24, 2.45) is 10.1 Å². The van der Waals surface area contributed by atoms with Crippen LogP contribution in [-0.4, -0.2) is 32.8 Å². The van der Waals surface area contributed by atoms with E-state index in [1.54, 1.807) is 23.6 Å². The fourth-order valence-corrected chi connectivity index (χ4v) is 3.21. The maximum atomic E-state index is 14.2. The molecule has 0 aliphatic rings. The number of halogens is 1. The fourth-order valence-electron chi connectivity index (χ4n) is 2.32. The molecule has 0 fully saturated rings. The largest absolute Gasteiger partial charge is 0.504 e. The van der Waals surface area contributed by atoms with Gasteiger partial charge in [-0.15, -0.1) is 11.3 Å². The Morgan fingerprint density at radius 3 is 2.62 bits per heavy atom. The molecule has 0 spiro atoms. The quantitative estimate of drug-likeness (QED) is 0.484. The molecule has 8 heteroatoms. The fraction of sp³-hybridized carbons (Fsp3) is 0.111. The summed E-state index contributed by atoms with van der Waals surface area (Å²) in [4.78, 5) is 4.90. The summed E-state index contributed by atoms with van der Waals surface area (Å²) >= 11 is 1.31. The summed E-state index contributed by atoms with van der Waals surface area (Å²) in [6, 6.07) is 8.98. The van der Waals surface area contributed by atoms with E-state index in [1.807, 2.05) is 6.92 Å². The summed E-state index contributed by atoms with van der Waals surface area (Å²) in [5.41, 5.74) is 1.08. The molecule has 0 radical (unpaired) electrons. The third-order valence-corrected chi connectivity index (χ3v) is 4.46. The first-order valence-electron chi connectivity index (χ1n) is 7.77. The topological polar surface area (TPSA) is 90.3 Å². The summed E-state index contributed by atoms with van der Waals surface area (Å²) in [7, 11) is 0. The van der Waals surface area contributed by atoms with Crippen molar-refractivity contribution in [3.05, 3.63) is 58.0 Å². The zero-order valence-electron chi connectivity index (χ0n) is 13.8. The second kappa shape index (κ2) is 7.40. The van der Waals surface area contributed by atoms with Gasteiger partial charge in [0.2, 0.25) is 10.6 Å². The smallest absolute Gasteiger partial charge is 0.206 e. The molecule has 3 rings (SSSR count). The number of phenolic OH excluding ortho intramolecular Hbond substituents is 3. The van der Waals surface area contributed by atoms with Gasteiger partial charge in [0.05, 0.1) is 11.9 Å². The van der Waals surface area contributed by atoms with Crippen LogP contribution in [0.25, 0.3) is 11.3 Å². The van der Waals surface area contributed by atoms with Crippen LogP contribution in [-0.2, 0) is 0 Å². The Bertz CT molecular complexity index is 1040. The van der Waals surface area contributed by atoms with E-state index in [4.69, 9.17) is 0 Å². The van der Waals surface area contributed by atoms with Crippen LogP contribution in [0.5, 0.6) is 17.2 Å². The highest BCUT2D eigenvalue weighted by molar-refractivity contribution is 7.07. The molecule has 6 nitrogen and oxygen atoms in total. The highest BCUT2D eigenvalue weighted by Gasteiger charge is 2.13. The van der Waals surface area contributed by atoms with Crippen LogP contribution in [0.4, 0.5) is 4.39 Å². The zero-order valence-corrected chi connectivity index (χ0v) is 14.6. The summed E-state index contributed by atoms with van der Waals surface area (Å²) in [6.07, 6.45) is 1.31. The molecule has 134 valence electrons. The van der Waals surface area contributed by atoms with Gasteiger partial charge in [-0.2, -0.15) is 5.10 Å². The van der Waals surface area contributed by atoms with Gasteiger partial charge in [-0.3, -0.25) is 4.99 Å². The Morgan fingerprint density at radius 2 is 1.88 bits per heavy atom. The van der Waals surface area contributed by atoms with Crippen molar-refractivity contribution in [1.29, 1.82) is 0 Å². The van der Waals surface area contributed by atoms with Gasteiger partial charge in [0.25, 0.3) is 0 Å². The molecular weight excluding hydrogens is 357 g/mol. The van der Waals surface area contributed by atoms with Crippen LogP contribution in [0.2, 0.25) is 0 Å². The van der Waals surface area contributed by atoms with E-state index in [1.165, 1.54) is 40.4 Å². The van der Waals surface area contributed by atoms with Crippen molar-refractivity contribution >= 4 is 17.6 Å². The molecule has 0 unspecified atom stereocenters. The Balaban J connectivity index is 2.13. The predicted octanol–water partition coefficient (Wildman–Crippen LogP) is 3.28. The number of rotatable bonds is 4. The van der Waals surface area contributed by atoms with E-state index in [0.717, 1.165) is 0 Å². The van der Waals surface area contributed by atoms with E-state index in [-0.39, 0.29) is 11.4 Å². The first-order valence-corrected chi connectivity index (χ1v) is 8.65. The summed E-state index contributed by atoms with van der Waals surface area (Å²) < 4.78 is 15.7. The third kappa shape index (κ3) is 3.31. The normalized spacial score (nSPS) is 12.2. The first kappa shape index (κ1) is 17.7. The van der Waals surface area contributed by atoms with E-state index in [2.05, 4.69) is 10.1 Å². The van der Waals surface area contributed by atoms with Gasteiger partial charge in [-0.05, 0) is 31.2 Å². The molecule has 1 heterocycles. The minimum Gasteiger partial charge on any atom is -0.504 e. The van der Waals surface area contributed by atoms with Crippen LogP contribution in [0, 0.1) is 5.82 Å². The van der Waals surface area contributed by atoms with Gasteiger partial charge in [-0.25, -0.2) is 9.07 Å². The number of aromatic nitrogens is 1. The minimum absolute atomic E-state index is 0.195. The summed E-state index contributed by atoms with van der Waals surface area (Å²) in [5.74, 6) is -1.94. The average Bonchev–Trinajstić information content (AvgIpc) is 3.02. The molecule has 2 aromatic carbocycles. The maximum absolute atomic E-state index is 14.2. The molecule has 3 aromatic rings. The second-order valence-electron chi connectivity index (χ2n) is 5.29. The number of aromatic hydroxyl groups is 3. The zero-order chi connectivity index (χ0) is 18.7. The number of thiazole rings is 1. The SMILES string of the molecule is CCN=c1scc(-c2ccccc2F)n1N=Cc1ccc(O)c(O)c1O. The van der Waals surface area contributed by atoms with Gasteiger partial charge in [0.15, 0.2) is 11.5 Å². The van der Waals surface area contributed by atoms with Crippen molar-refractivity contribution in [2.75, 3.05) is 6.54 Å². The molecular formula is C18H16FN3O3S. The van der Waals surface area contributed by atoms with Crippen LogP contribution < -0.4 is 4.80 Å². The van der Waals surface area contributed by atoms with Gasteiger partial charge >= 0.3 is 0 Å². The first-order chi connectivity index (χ1) is 12.5. The average molecular weight is 373 g/mol. The van der Waals surface area contributed by atoms with Crippen LogP contribution in [0.1, 0.15) is 12.5 Å². The molecule has 3 N–H and O–H groups in total. The van der Waals surface area contributed by atoms with Gasteiger partial charge in [0, 0.05) is 23.1 Å². The molecule has 26 heavy (non-hydrogen) atoms. The van der Waals surface area contributed by atoms with Crippen molar-refractivity contribution in [3.63, 3.8) is 0 Å². The van der Waals surface area contributed by atoms with Crippen LogP contribution in [0.15, 0.2) is 51.9 Å². The standard InChI is InChI=1S/C18H16FN3O3S/c1-2-20-18-22(14(10-26-18)12-5-3-4-6-13(12)19)21-9-11-7-8-15(23)17(25)16(11)24/h3-10,23-25H,2H2,1H3. The van der Waals surface area contributed by atoms with E-state index in [9.17, 15) is 19.7 Å². The number of hydrogen-bond acceptors (Lipinski definition) is 6.